The van der Waals surface area contributed by atoms with Crippen LogP contribution in [0.2, 0.25) is 0 Å². The third-order valence-electron chi connectivity index (χ3n) is 9.29. The number of nitriles is 1. The second-order valence-corrected chi connectivity index (χ2v) is 11.1. The van der Waals surface area contributed by atoms with E-state index in [0.717, 1.165) is 63.7 Å². The molecule has 6 fully saturated rings. The average Bonchev–Trinajstić information content (AvgIpc) is 3.43. The lowest BCUT2D eigenvalue weighted by atomic mass is 9.48. The number of aromatic nitrogens is 1. The first-order valence-electron chi connectivity index (χ1n) is 12.3. The van der Waals surface area contributed by atoms with Gasteiger partial charge in [0.2, 0.25) is 5.91 Å². The van der Waals surface area contributed by atoms with Gasteiger partial charge in [0, 0.05) is 25.8 Å². The zero-order valence-corrected chi connectivity index (χ0v) is 18.9. The van der Waals surface area contributed by atoms with Crippen LogP contribution in [-0.4, -0.2) is 53.2 Å². The number of likely N-dealkylation sites (tertiary alicyclic amines) is 1. The van der Waals surface area contributed by atoms with E-state index >= 15 is 0 Å². The van der Waals surface area contributed by atoms with Gasteiger partial charge in [-0.3, -0.25) is 4.79 Å². The van der Waals surface area contributed by atoms with Crippen molar-refractivity contribution in [3.05, 3.63) is 23.9 Å². The van der Waals surface area contributed by atoms with Crippen molar-refractivity contribution in [1.82, 2.24) is 9.88 Å². The Labute approximate surface area is 194 Å². The Bertz CT molecular complexity index is 1000. The Morgan fingerprint density at radius 1 is 1.15 bits per heavy atom. The quantitative estimate of drug-likeness (QED) is 0.759. The summed E-state index contributed by atoms with van der Waals surface area (Å²) in [6.07, 6.45) is 8.87. The van der Waals surface area contributed by atoms with E-state index in [1.54, 1.807) is 12.3 Å². The maximum absolute atomic E-state index is 13.3. The van der Waals surface area contributed by atoms with Crippen LogP contribution in [0.1, 0.15) is 56.9 Å². The average molecular weight is 450 g/mol. The van der Waals surface area contributed by atoms with Crippen molar-refractivity contribution in [3.63, 3.8) is 0 Å². The molecule has 8 heteroatoms. The van der Waals surface area contributed by atoms with E-state index in [1.165, 1.54) is 0 Å². The summed E-state index contributed by atoms with van der Waals surface area (Å²) >= 11 is 0. The zero-order valence-electron chi connectivity index (χ0n) is 18.9. The number of anilines is 1. The van der Waals surface area contributed by atoms with Crippen LogP contribution in [0, 0.1) is 34.5 Å². The lowest BCUT2D eigenvalue weighted by molar-refractivity contribution is -0.161. The molecule has 0 radical (unpaired) electrons. The summed E-state index contributed by atoms with van der Waals surface area (Å²) in [5.74, 6) is 1.78. The second-order valence-electron chi connectivity index (χ2n) is 11.1. The van der Waals surface area contributed by atoms with Crippen LogP contribution in [-0.2, 0) is 9.53 Å². The molecule has 0 aromatic carbocycles. The van der Waals surface area contributed by atoms with Gasteiger partial charge in [-0.1, -0.05) is 0 Å². The standard InChI is InChI=1S/C25H31N5O3/c26-13-16-2-3-20(28-14-16)30-6-1-4-25(30)5-7-29(15-25)23(32)33-21-18-8-17-9-19(21)12-24(10-17,11-18)22(27)31/h2-3,14,17-19,21H,1,4-12,15H2,(H2,27,31). The van der Waals surface area contributed by atoms with Crippen molar-refractivity contribution in [2.45, 2.75) is 63.0 Å². The topological polar surface area (TPSA) is 113 Å². The molecule has 1 spiro atoms. The lowest BCUT2D eigenvalue weighted by Crippen LogP contribution is -2.59. The number of primary amides is 1. The number of hydrogen-bond acceptors (Lipinski definition) is 6. The van der Waals surface area contributed by atoms with Crippen LogP contribution >= 0.6 is 0 Å². The van der Waals surface area contributed by atoms with E-state index in [9.17, 15) is 9.59 Å². The van der Waals surface area contributed by atoms with Crippen LogP contribution in [0.5, 0.6) is 0 Å². The maximum Gasteiger partial charge on any atom is 0.410 e. The van der Waals surface area contributed by atoms with Crippen LogP contribution < -0.4 is 10.6 Å². The first-order valence-corrected chi connectivity index (χ1v) is 12.3. The molecule has 4 saturated carbocycles. The minimum absolute atomic E-state index is 0.0852. The number of rotatable bonds is 3. The molecular formula is C25H31N5O3. The summed E-state index contributed by atoms with van der Waals surface area (Å²) in [5.41, 5.74) is 5.88. The molecule has 8 nitrogen and oxygen atoms in total. The molecule has 174 valence electrons. The van der Waals surface area contributed by atoms with E-state index in [4.69, 9.17) is 15.7 Å². The molecule has 4 bridgehead atoms. The smallest absolute Gasteiger partial charge is 0.410 e. The normalized spacial score (nSPS) is 38.6. The van der Waals surface area contributed by atoms with Crippen LogP contribution in [0.4, 0.5) is 10.6 Å². The third-order valence-corrected chi connectivity index (χ3v) is 9.29. The van der Waals surface area contributed by atoms with Gasteiger partial charge < -0.3 is 20.3 Å². The fraction of sp³-hybridized carbons (Fsp3) is 0.680. The number of ether oxygens (including phenoxy) is 1. The highest BCUT2D eigenvalue weighted by Crippen LogP contribution is 2.60. The highest BCUT2D eigenvalue weighted by Gasteiger charge is 2.59. The Morgan fingerprint density at radius 3 is 2.61 bits per heavy atom. The first kappa shape index (κ1) is 20.8. The summed E-state index contributed by atoms with van der Waals surface area (Å²) in [6.45, 7) is 2.23. The Hall–Kier alpha value is -2.82. The molecule has 1 aromatic heterocycles. The Balaban J connectivity index is 1.14. The number of hydrogen-bond donors (Lipinski definition) is 1. The zero-order chi connectivity index (χ0) is 22.8. The van der Waals surface area contributed by atoms with Crippen molar-refractivity contribution < 1.29 is 14.3 Å². The van der Waals surface area contributed by atoms with Gasteiger partial charge in [-0.05, 0) is 81.3 Å². The SMILES string of the molecule is N#Cc1ccc(N2CCCC23CCN(C(=O)OC2C4CC5CC2CC(C(N)=O)(C5)C4)C3)nc1. The summed E-state index contributed by atoms with van der Waals surface area (Å²) in [5, 5.41) is 9.06. The second kappa shape index (κ2) is 7.34. The minimum atomic E-state index is -0.366. The van der Waals surface area contributed by atoms with E-state index in [-0.39, 0.29) is 40.9 Å². The fourth-order valence-electron chi connectivity index (χ4n) is 8.01. The van der Waals surface area contributed by atoms with Crippen molar-refractivity contribution in [2.24, 2.45) is 28.9 Å². The molecule has 33 heavy (non-hydrogen) atoms. The number of amides is 2. The van der Waals surface area contributed by atoms with Crippen molar-refractivity contribution in [3.8, 4) is 6.07 Å². The monoisotopic (exact) mass is 449 g/mol. The number of nitrogens with two attached hydrogens (primary N) is 1. The molecule has 7 rings (SSSR count). The van der Waals surface area contributed by atoms with Crippen LogP contribution in [0.3, 0.4) is 0 Å². The van der Waals surface area contributed by atoms with Crippen molar-refractivity contribution in [2.75, 3.05) is 24.5 Å². The number of carbonyl (C=O) groups excluding carboxylic acids is 2. The largest absolute Gasteiger partial charge is 0.446 e. The molecule has 6 aliphatic rings. The molecule has 3 atom stereocenters. The highest BCUT2D eigenvalue weighted by molar-refractivity contribution is 5.81. The third kappa shape index (κ3) is 3.19. The summed E-state index contributed by atoms with van der Waals surface area (Å²) in [4.78, 5) is 34.2. The molecule has 2 N–H and O–H groups in total. The maximum atomic E-state index is 13.3. The van der Waals surface area contributed by atoms with Crippen molar-refractivity contribution >= 4 is 17.8 Å². The Morgan fingerprint density at radius 2 is 1.94 bits per heavy atom. The predicted molar refractivity (Wildman–Crippen MR) is 120 cm³/mol. The highest BCUT2D eigenvalue weighted by atomic mass is 16.6. The van der Waals surface area contributed by atoms with Gasteiger partial charge in [0.1, 0.15) is 18.0 Å². The van der Waals surface area contributed by atoms with Gasteiger partial charge in [0.15, 0.2) is 0 Å². The molecule has 2 aliphatic heterocycles. The molecule has 3 heterocycles. The molecule has 2 saturated heterocycles. The lowest BCUT2D eigenvalue weighted by Gasteiger charge is -2.58. The first-order chi connectivity index (χ1) is 15.9. The van der Waals surface area contributed by atoms with Gasteiger partial charge in [0.25, 0.3) is 0 Å². The summed E-state index contributed by atoms with van der Waals surface area (Å²) < 4.78 is 6.17. The van der Waals surface area contributed by atoms with Gasteiger partial charge in [0.05, 0.1) is 16.5 Å². The molecule has 3 unspecified atom stereocenters. The van der Waals surface area contributed by atoms with Gasteiger partial charge >= 0.3 is 6.09 Å². The Kier molecular flexibility index (Phi) is 4.62. The van der Waals surface area contributed by atoms with Crippen molar-refractivity contribution in [1.29, 1.82) is 5.26 Å². The number of nitrogens with zero attached hydrogens (tertiary/aromatic N) is 4. The predicted octanol–water partition coefficient (Wildman–Crippen LogP) is 2.81. The van der Waals surface area contributed by atoms with E-state index < -0.39 is 0 Å². The van der Waals surface area contributed by atoms with E-state index in [2.05, 4.69) is 16.0 Å². The number of carbonyl (C=O) groups is 2. The van der Waals surface area contributed by atoms with Crippen LogP contribution in [0.15, 0.2) is 18.3 Å². The van der Waals surface area contributed by atoms with Gasteiger partial charge in [-0.2, -0.15) is 5.26 Å². The fourth-order valence-corrected chi connectivity index (χ4v) is 8.01. The molecule has 2 amide bonds. The van der Waals surface area contributed by atoms with E-state index in [1.807, 2.05) is 11.0 Å². The van der Waals surface area contributed by atoms with Crippen LogP contribution in [0.25, 0.3) is 0 Å². The van der Waals surface area contributed by atoms with Gasteiger partial charge in [-0.25, -0.2) is 9.78 Å². The molecule has 1 aromatic rings. The summed E-state index contributed by atoms with van der Waals surface area (Å²) in [7, 11) is 0. The number of pyridine rings is 1. The molecular weight excluding hydrogens is 418 g/mol. The molecule has 4 aliphatic carbocycles. The van der Waals surface area contributed by atoms with E-state index in [0.29, 0.717) is 24.6 Å². The van der Waals surface area contributed by atoms with Gasteiger partial charge in [-0.15, -0.1) is 0 Å². The summed E-state index contributed by atoms with van der Waals surface area (Å²) in [6, 6.07) is 5.84. The minimum Gasteiger partial charge on any atom is -0.446 e.